The van der Waals surface area contributed by atoms with Crippen LogP contribution >= 0.6 is 23.2 Å². The molecule has 0 aliphatic carbocycles. The molecule has 1 aliphatic heterocycles. The molecule has 1 saturated heterocycles. The molecule has 2 atom stereocenters. The third-order valence-electron chi connectivity index (χ3n) is 4.20. The minimum Gasteiger partial charge on any atom is -0.508 e. The number of hydrogen-bond acceptors (Lipinski definition) is 2. The molecule has 110 valence electrons. The van der Waals surface area contributed by atoms with Crippen LogP contribution in [-0.4, -0.2) is 30.1 Å². The van der Waals surface area contributed by atoms with E-state index in [1.54, 1.807) is 12.1 Å². The molecule has 0 aromatic heterocycles. The first-order valence-corrected chi connectivity index (χ1v) is 7.73. The van der Waals surface area contributed by atoms with Crippen LogP contribution in [0.25, 0.3) is 0 Å². The van der Waals surface area contributed by atoms with E-state index < -0.39 is 0 Å². The second-order valence-corrected chi connectivity index (χ2v) is 6.50. The number of aromatic hydroxyl groups is 1. The zero-order valence-corrected chi connectivity index (χ0v) is 13.3. The Morgan fingerprint density at radius 2 is 1.67 bits per heavy atom. The molecule has 3 rings (SSSR count). The Balaban J connectivity index is 2.04. The lowest BCUT2D eigenvalue weighted by molar-refractivity contribution is 0.405. The first kappa shape index (κ1) is 14.7. The Kier molecular flexibility index (Phi) is 4.12. The van der Waals surface area contributed by atoms with Crippen LogP contribution in [0.1, 0.15) is 23.0 Å². The standard InChI is InChI=1S/C17H17Cl2NO/c1-20-9-14(12-4-2-3-5-17(12)21)15(10-20)13-8-11(18)6-7-16(13)19/h2-8,14-15,21H,9-10H2,1H3. The van der Waals surface area contributed by atoms with Crippen LogP contribution in [0.2, 0.25) is 10.0 Å². The smallest absolute Gasteiger partial charge is 0.119 e. The molecule has 2 nitrogen and oxygen atoms in total. The molecule has 0 radical (unpaired) electrons. The number of phenolic OH excluding ortho intramolecular Hbond substituents is 1. The van der Waals surface area contributed by atoms with Crippen molar-refractivity contribution < 1.29 is 5.11 Å². The van der Waals surface area contributed by atoms with E-state index in [1.807, 2.05) is 30.3 Å². The summed E-state index contributed by atoms with van der Waals surface area (Å²) in [6, 6.07) is 13.1. The largest absolute Gasteiger partial charge is 0.508 e. The third kappa shape index (κ3) is 2.89. The van der Waals surface area contributed by atoms with E-state index in [-0.39, 0.29) is 11.8 Å². The Labute approximate surface area is 134 Å². The summed E-state index contributed by atoms with van der Waals surface area (Å²) in [5, 5.41) is 11.6. The van der Waals surface area contributed by atoms with Crippen LogP contribution in [-0.2, 0) is 0 Å². The molecule has 2 aromatic rings. The second kappa shape index (κ2) is 5.88. The van der Waals surface area contributed by atoms with Gasteiger partial charge < -0.3 is 10.0 Å². The summed E-state index contributed by atoms with van der Waals surface area (Å²) >= 11 is 12.5. The van der Waals surface area contributed by atoms with Crippen molar-refractivity contribution in [2.75, 3.05) is 20.1 Å². The lowest BCUT2D eigenvalue weighted by Gasteiger charge is -2.21. The van der Waals surface area contributed by atoms with Gasteiger partial charge >= 0.3 is 0 Å². The highest BCUT2D eigenvalue weighted by Gasteiger charge is 2.35. The molecule has 1 fully saturated rings. The highest BCUT2D eigenvalue weighted by molar-refractivity contribution is 6.33. The molecule has 0 amide bonds. The van der Waals surface area contributed by atoms with Crippen molar-refractivity contribution in [1.29, 1.82) is 0 Å². The molecular weight excluding hydrogens is 305 g/mol. The highest BCUT2D eigenvalue weighted by Crippen LogP contribution is 2.44. The number of phenols is 1. The molecular formula is C17H17Cl2NO. The minimum atomic E-state index is 0.215. The van der Waals surface area contributed by atoms with Crippen LogP contribution in [0, 0.1) is 0 Å². The Morgan fingerprint density at radius 3 is 2.38 bits per heavy atom. The monoisotopic (exact) mass is 321 g/mol. The first-order valence-electron chi connectivity index (χ1n) is 6.97. The number of para-hydroxylation sites is 1. The van der Waals surface area contributed by atoms with E-state index in [0.717, 1.165) is 29.2 Å². The van der Waals surface area contributed by atoms with Crippen molar-refractivity contribution in [3.8, 4) is 5.75 Å². The van der Waals surface area contributed by atoms with Gasteiger partial charge in [-0.05, 0) is 42.4 Å². The fourth-order valence-corrected chi connectivity index (χ4v) is 3.67. The normalized spacial score (nSPS) is 22.6. The van der Waals surface area contributed by atoms with Gasteiger partial charge in [-0.25, -0.2) is 0 Å². The zero-order chi connectivity index (χ0) is 15.0. The predicted molar refractivity (Wildman–Crippen MR) is 87.5 cm³/mol. The van der Waals surface area contributed by atoms with Crippen LogP contribution in [0.4, 0.5) is 0 Å². The van der Waals surface area contributed by atoms with Gasteiger partial charge in [-0.15, -0.1) is 0 Å². The molecule has 0 saturated carbocycles. The number of rotatable bonds is 2. The third-order valence-corrected chi connectivity index (χ3v) is 4.78. The lowest BCUT2D eigenvalue weighted by Crippen LogP contribution is -2.13. The van der Waals surface area contributed by atoms with Gasteiger partial charge in [-0.2, -0.15) is 0 Å². The van der Waals surface area contributed by atoms with Crippen molar-refractivity contribution in [3.05, 3.63) is 63.6 Å². The topological polar surface area (TPSA) is 23.5 Å². The van der Waals surface area contributed by atoms with Crippen molar-refractivity contribution >= 4 is 23.2 Å². The number of hydrogen-bond donors (Lipinski definition) is 1. The Hall–Kier alpha value is -1.22. The SMILES string of the molecule is CN1CC(c2ccccc2O)C(c2cc(Cl)ccc2Cl)C1. The average Bonchev–Trinajstić information content (AvgIpc) is 2.83. The number of likely N-dealkylation sites (tertiary alicyclic amines) is 1. The molecule has 1 aliphatic rings. The molecule has 1 heterocycles. The summed E-state index contributed by atoms with van der Waals surface area (Å²) in [6.45, 7) is 1.80. The maximum Gasteiger partial charge on any atom is 0.119 e. The van der Waals surface area contributed by atoms with Crippen LogP contribution in [0.5, 0.6) is 5.75 Å². The molecule has 21 heavy (non-hydrogen) atoms. The lowest BCUT2D eigenvalue weighted by atomic mass is 9.83. The second-order valence-electron chi connectivity index (χ2n) is 5.66. The highest BCUT2D eigenvalue weighted by atomic mass is 35.5. The summed E-state index contributed by atoms with van der Waals surface area (Å²) in [4.78, 5) is 2.26. The number of benzene rings is 2. The van der Waals surface area contributed by atoms with E-state index >= 15 is 0 Å². The molecule has 2 unspecified atom stereocenters. The average molecular weight is 322 g/mol. The van der Waals surface area contributed by atoms with Gasteiger partial charge in [0.05, 0.1) is 0 Å². The Morgan fingerprint density at radius 1 is 1.00 bits per heavy atom. The van der Waals surface area contributed by atoms with Crippen LogP contribution in [0.3, 0.4) is 0 Å². The van der Waals surface area contributed by atoms with Gasteiger partial charge in [0.15, 0.2) is 0 Å². The summed E-state index contributed by atoms with van der Waals surface area (Å²) in [7, 11) is 2.09. The molecule has 2 aromatic carbocycles. The molecule has 1 N–H and O–H groups in total. The van der Waals surface area contributed by atoms with Gasteiger partial charge in [-0.1, -0.05) is 41.4 Å². The van der Waals surface area contributed by atoms with Gasteiger partial charge in [0.25, 0.3) is 0 Å². The first-order chi connectivity index (χ1) is 10.1. The van der Waals surface area contributed by atoms with E-state index in [1.165, 1.54) is 0 Å². The van der Waals surface area contributed by atoms with Gasteiger partial charge in [0.1, 0.15) is 5.75 Å². The molecule has 0 bridgehead atoms. The zero-order valence-electron chi connectivity index (χ0n) is 11.8. The minimum absolute atomic E-state index is 0.215. The number of likely N-dealkylation sites (N-methyl/N-ethyl adjacent to an activating group) is 1. The summed E-state index contributed by atoms with van der Waals surface area (Å²) < 4.78 is 0. The van der Waals surface area contributed by atoms with Crippen molar-refractivity contribution in [1.82, 2.24) is 4.90 Å². The van der Waals surface area contributed by atoms with Gasteiger partial charge in [-0.3, -0.25) is 0 Å². The maximum absolute atomic E-state index is 10.2. The van der Waals surface area contributed by atoms with Crippen LogP contribution < -0.4 is 0 Å². The Bertz CT molecular complexity index is 659. The van der Waals surface area contributed by atoms with E-state index in [4.69, 9.17) is 23.2 Å². The summed E-state index contributed by atoms with van der Waals surface area (Å²) in [5.41, 5.74) is 2.03. The number of halogens is 2. The van der Waals surface area contributed by atoms with E-state index in [0.29, 0.717) is 10.8 Å². The summed E-state index contributed by atoms with van der Waals surface area (Å²) in [5.74, 6) is 0.794. The fourth-order valence-electron chi connectivity index (χ4n) is 3.23. The van der Waals surface area contributed by atoms with Crippen LogP contribution in [0.15, 0.2) is 42.5 Å². The quantitative estimate of drug-likeness (QED) is 0.879. The van der Waals surface area contributed by atoms with Crippen molar-refractivity contribution in [2.24, 2.45) is 0 Å². The predicted octanol–water partition coefficient (Wildman–Crippen LogP) is 4.51. The summed E-state index contributed by atoms with van der Waals surface area (Å²) in [6.07, 6.45) is 0. The maximum atomic E-state index is 10.2. The van der Waals surface area contributed by atoms with E-state index in [9.17, 15) is 5.11 Å². The molecule has 0 spiro atoms. The van der Waals surface area contributed by atoms with Gasteiger partial charge in [0.2, 0.25) is 0 Å². The number of nitrogens with zero attached hydrogens (tertiary/aromatic N) is 1. The van der Waals surface area contributed by atoms with Gasteiger partial charge in [0, 0.05) is 35.0 Å². The molecule has 4 heteroatoms. The van der Waals surface area contributed by atoms with Crippen molar-refractivity contribution in [3.63, 3.8) is 0 Å². The van der Waals surface area contributed by atoms with E-state index in [2.05, 4.69) is 11.9 Å². The van der Waals surface area contributed by atoms with Crippen molar-refractivity contribution in [2.45, 2.75) is 11.8 Å². The fraction of sp³-hybridized carbons (Fsp3) is 0.294.